The Bertz CT molecular complexity index is 965. The third kappa shape index (κ3) is 6.02. The molecule has 0 spiro atoms. The molecule has 2 aromatic carbocycles. The van der Waals surface area contributed by atoms with Crippen LogP contribution in [0.2, 0.25) is 0 Å². The highest BCUT2D eigenvalue weighted by molar-refractivity contribution is 5.66. The highest BCUT2D eigenvalue weighted by atomic mass is 16.5. The number of hydrogen-bond donors (Lipinski definition) is 4. The predicted octanol–water partition coefficient (Wildman–Crippen LogP) is 2.55. The Hall–Kier alpha value is -2.97. The fourth-order valence-electron chi connectivity index (χ4n) is 3.18. The van der Waals surface area contributed by atoms with Crippen molar-refractivity contribution in [2.75, 3.05) is 19.8 Å². The Morgan fingerprint density at radius 1 is 1.06 bits per heavy atom. The summed E-state index contributed by atoms with van der Waals surface area (Å²) >= 11 is 0. The average Bonchev–Trinajstić information content (AvgIpc) is 3.29. The first-order chi connectivity index (χ1) is 15.0. The molecule has 0 radical (unpaired) electrons. The van der Waals surface area contributed by atoms with Crippen molar-refractivity contribution in [2.45, 2.75) is 25.2 Å². The van der Waals surface area contributed by atoms with Crippen LogP contribution in [-0.2, 0) is 0 Å². The van der Waals surface area contributed by atoms with E-state index in [1.807, 2.05) is 60.7 Å². The van der Waals surface area contributed by atoms with Crippen LogP contribution in [0, 0.1) is 0 Å². The van der Waals surface area contributed by atoms with Gasteiger partial charge in [0.1, 0.15) is 30.4 Å². The van der Waals surface area contributed by atoms with Crippen LogP contribution >= 0.6 is 0 Å². The quantitative estimate of drug-likeness (QED) is 0.399. The van der Waals surface area contributed by atoms with Crippen LogP contribution in [0.25, 0.3) is 17.2 Å². The Kier molecular flexibility index (Phi) is 7.97. The molecule has 0 fully saturated rings. The van der Waals surface area contributed by atoms with Crippen LogP contribution in [-0.4, -0.2) is 50.7 Å². The van der Waals surface area contributed by atoms with Gasteiger partial charge in [-0.15, -0.1) is 0 Å². The standard InChI is InChI=1S/C24H29N3O4/c1-17(29)24-26-12-13-27(24)21(15-28)9-4-18-2-5-19(6-3-18)20-7-10-23(11-8-20)31-16-22(30)14-25/h2-13,17,21-22,28-30H,14-16,25H2,1H3/b9-4+. The van der Waals surface area contributed by atoms with E-state index in [9.17, 15) is 15.3 Å². The Labute approximate surface area is 182 Å². The molecule has 1 heterocycles. The lowest BCUT2D eigenvalue weighted by Gasteiger charge is -2.16. The SMILES string of the molecule is CC(O)c1nccn1C(/C=C/c1ccc(-c2ccc(OCC(O)CN)cc2)cc1)CO. The lowest BCUT2D eigenvalue weighted by molar-refractivity contribution is 0.114. The Morgan fingerprint density at radius 3 is 2.29 bits per heavy atom. The summed E-state index contributed by atoms with van der Waals surface area (Å²) in [5, 5.41) is 29.1. The third-order valence-corrected chi connectivity index (χ3v) is 4.94. The molecule has 0 bridgehead atoms. The number of imidazole rings is 1. The summed E-state index contributed by atoms with van der Waals surface area (Å²) < 4.78 is 7.28. The highest BCUT2D eigenvalue weighted by Gasteiger charge is 2.14. The van der Waals surface area contributed by atoms with E-state index >= 15 is 0 Å². The minimum atomic E-state index is -0.709. The maximum absolute atomic E-state index is 9.83. The smallest absolute Gasteiger partial charge is 0.137 e. The molecule has 3 atom stereocenters. The molecule has 0 saturated carbocycles. The summed E-state index contributed by atoms with van der Waals surface area (Å²) in [6, 6.07) is 15.4. The van der Waals surface area contributed by atoms with Gasteiger partial charge in [-0.3, -0.25) is 0 Å². The first-order valence-corrected chi connectivity index (χ1v) is 10.2. The summed E-state index contributed by atoms with van der Waals surface area (Å²) in [6.45, 7) is 1.89. The molecule has 0 amide bonds. The minimum absolute atomic E-state index is 0.0958. The summed E-state index contributed by atoms with van der Waals surface area (Å²) in [4.78, 5) is 4.16. The van der Waals surface area contributed by atoms with Crippen LogP contribution in [0.15, 0.2) is 67.0 Å². The van der Waals surface area contributed by atoms with Crippen LogP contribution in [0.4, 0.5) is 0 Å². The number of rotatable bonds is 10. The van der Waals surface area contributed by atoms with Gasteiger partial charge in [-0.1, -0.05) is 48.6 Å². The van der Waals surface area contributed by atoms with E-state index in [2.05, 4.69) is 4.98 Å². The van der Waals surface area contributed by atoms with Gasteiger partial charge in [-0.05, 0) is 35.7 Å². The van der Waals surface area contributed by atoms with E-state index in [1.165, 1.54) is 0 Å². The second-order valence-electron chi connectivity index (χ2n) is 7.32. The molecular weight excluding hydrogens is 394 g/mol. The van der Waals surface area contributed by atoms with Crippen LogP contribution in [0.1, 0.15) is 30.5 Å². The number of ether oxygens (including phenoxy) is 1. The highest BCUT2D eigenvalue weighted by Crippen LogP contribution is 2.24. The normalized spacial score (nSPS) is 14.5. The van der Waals surface area contributed by atoms with Crippen LogP contribution in [0.5, 0.6) is 5.75 Å². The number of nitrogens with two attached hydrogens (primary N) is 1. The first kappa shape index (κ1) is 22.7. The number of benzene rings is 2. The predicted molar refractivity (Wildman–Crippen MR) is 120 cm³/mol. The van der Waals surface area contributed by atoms with Crippen molar-refractivity contribution in [3.05, 3.63) is 78.4 Å². The lowest BCUT2D eigenvalue weighted by atomic mass is 10.0. The van der Waals surface area contributed by atoms with E-state index in [1.54, 1.807) is 23.9 Å². The molecule has 0 saturated heterocycles. The van der Waals surface area contributed by atoms with Gasteiger partial charge in [0.15, 0.2) is 0 Å². The van der Waals surface area contributed by atoms with Gasteiger partial charge >= 0.3 is 0 Å². The molecule has 0 aliphatic heterocycles. The monoisotopic (exact) mass is 423 g/mol. The van der Waals surface area contributed by atoms with E-state index in [0.29, 0.717) is 11.6 Å². The summed E-state index contributed by atoms with van der Waals surface area (Å²) in [5.41, 5.74) is 8.49. The maximum Gasteiger partial charge on any atom is 0.137 e. The van der Waals surface area contributed by atoms with Crippen molar-refractivity contribution in [3.8, 4) is 16.9 Å². The number of hydrogen-bond acceptors (Lipinski definition) is 6. The number of aromatic nitrogens is 2. The summed E-state index contributed by atoms with van der Waals surface area (Å²) in [7, 11) is 0. The fraction of sp³-hybridized carbons (Fsp3) is 0.292. The van der Waals surface area contributed by atoms with E-state index in [4.69, 9.17) is 10.5 Å². The van der Waals surface area contributed by atoms with Gasteiger partial charge in [0, 0.05) is 18.9 Å². The molecule has 7 nitrogen and oxygen atoms in total. The van der Waals surface area contributed by atoms with Crippen molar-refractivity contribution < 1.29 is 20.1 Å². The third-order valence-electron chi connectivity index (χ3n) is 4.94. The van der Waals surface area contributed by atoms with Crippen molar-refractivity contribution in [1.82, 2.24) is 9.55 Å². The molecule has 3 aromatic rings. The second-order valence-corrected chi connectivity index (χ2v) is 7.32. The fourth-order valence-corrected chi connectivity index (χ4v) is 3.18. The Morgan fingerprint density at radius 2 is 1.71 bits per heavy atom. The van der Waals surface area contributed by atoms with Crippen molar-refractivity contribution in [2.24, 2.45) is 5.73 Å². The molecule has 0 aliphatic carbocycles. The topological polar surface area (TPSA) is 114 Å². The first-order valence-electron chi connectivity index (χ1n) is 10.2. The minimum Gasteiger partial charge on any atom is -0.491 e. The van der Waals surface area contributed by atoms with Crippen molar-refractivity contribution >= 4 is 6.08 Å². The van der Waals surface area contributed by atoms with E-state index in [0.717, 1.165) is 16.7 Å². The second kappa shape index (κ2) is 10.9. The van der Waals surface area contributed by atoms with Gasteiger partial charge < -0.3 is 30.4 Å². The van der Waals surface area contributed by atoms with Gasteiger partial charge in [-0.25, -0.2) is 4.98 Å². The molecular formula is C24H29N3O4. The molecule has 164 valence electrons. The van der Waals surface area contributed by atoms with Gasteiger partial charge in [-0.2, -0.15) is 0 Å². The molecule has 5 N–H and O–H groups in total. The summed E-state index contributed by atoms with van der Waals surface area (Å²) in [6.07, 6.45) is 5.82. The molecule has 1 aromatic heterocycles. The Balaban J connectivity index is 1.66. The molecule has 7 heteroatoms. The average molecular weight is 424 g/mol. The van der Waals surface area contributed by atoms with Gasteiger partial charge in [0.2, 0.25) is 0 Å². The molecule has 3 rings (SSSR count). The van der Waals surface area contributed by atoms with Crippen LogP contribution < -0.4 is 10.5 Å². The largest absolute Gasteiger partial charge is 0.491 e. The molecule has 31 heavy (non-hydrogen) atoms. The zero-order valence-electron chi connectivity index (χ0n) is 17.5. The molecule has 0 aliphatic rings. The van der Waals surface area contributed by atoms with Crippen molar-refractivity contribution in [1.29, 1.82) is 0 Å². The van der Waals surface area contributed by atoms with Crippen LogP contribution in [0.3, 0.4) is 0 Å². The van der Waals surface area contributed by atoms with E-state index in [-0.39, 0.29) is 25.8 Å². The zero-order chi connectivity index (χ0) is 22.2. The number of aliphatic hydroxyl groups excluding tert-OH is 3. The molecule has 3 unspecified atom stereocenters. The maximum atomic E-state index is 9.83. The number of nitrogens with zero attached hydrogens (tertiary/aromatic N) is 2. The van der Waals surface area contributed by atoms with Crippen molar-refractivity contribution in [3.63, 3.8) is 0 Å². The number of aliphatic hydroxyl groups is 3. The van der Waals surface area contributed by atoms with Gasteiger partial charge in [0.05, 0.1) is 12.6 Å². The summed E-state index contributed by atoms with van der Waals surface area (Å²) in [5.74, 6) is 1.20. The van der Waals surface area contributed by atoms with Gasteiger partial charge in [0.25, 0.3) is 0 Å². The lowest BCUT2D eigenvalue weighted by Crippen LogP contribution is -2.26. The zero-order valence-corrected chi connectivity index (χ0v) is 17.5. The van der Waals surface area contributed by atoms with E-state index < -0.39 is 12.2 Å².